The van der Waals surface area contributed by atoms with Crippen molar-refractivity contribution in [3.8, 4) is 6.07 Å². The van der Waals surface area contributed by atoms with E-state index in [1.54, 1.807) is 6.08 Å². The van der Waals surface area contributed by atoms with E-state index >= 15 is 0 Å². The van der Waals surface area contributed by atoms with E-state index in [1.807, 2.05) is 24.3 Å². The number of allylic oxidation sites excluding steroid dienone is 4. The van der Waals surface area contributed by atoms with Crippen LogP contribution in [0.15, 0.2) is 48.6 Å². The van der Waals surface area contributed by atoms with Gasteiger partial charge in [0, 0.05) is 6.08 Å². The molecular weight excluding hydrogens is 353 g/mol. The molecular formula is C24H28FNO2. The third-order valence-electron chi connectivity index (χ3n) is 6.07. The number of ether oxygens (including phenoxy) is 1. The Kier molecular flexibility index (Phi) is 7.42. The molecule has 0 saturated heterocycles. The summed E-state index contributed by atoms with van der Waals surface area (Å²) in [5, 5.41) is 8.48. The number of nitriles is 1. The van der Waals surface area contributed by atoms with Crippen LogP contribution in [0.1, 0.15) is 62.8 Å². The van der Waals surface area contributed by atoms with Crippen LogP contribution in [0.25, 0.3) is 0 Å². The number of benzene rings is 1. The first kappa shape index (κ1) is 20.3. The predicted octanol–water partition coefficient (Wildman–Crippen LogP) is 5.84. The van der Waals surface area contributed by atoms with Crippen molar-refractivity contribution in [3.05, 3.63) is 60.0 Å². The van der Waals surface area contributed by atoms with Gasteiger partial charge in [0.1, 0.15) is 11.9 Å². The summed E-state index contributed by atoms with van der Waals surface area (Å²) in [5.74, 6) is 0.690. The summed E-state index contributed by atoms with van der Waals surface area (Å²) >= 11 is 0. The summed E-state index contributed by atoms with van der Waals surface area (Å²) in [6.07, 6.45) is 14.8. The molecule has 1 aromatic carbocycles. The molecule has 0 aromatic heterocycles. The molecule has 4 heteroatoms. The van der Waals surface area contributed by atoms with E-state index in [4.69, 9.17) is 10.00 Å². The van der Waals surface area contributed by atoms with Crippen LogP contribution in [0.4, 0.5) is 4.39 Å². The standard InChI is InChI=1S/C24H28FNO2/c25-22-13-11-20(12-14-22)19-7-9-21(10-8-19)24(27)28-23-15-5-18(6-16-23)4-2-1-3-17-26/h1-4,11-14,18-19,21,23H,5-10,15-16H2/t18-,19-,21-,23-. The van der Waals surface area contributed by atoms with Crippen LogP contribution >= 0.6 is 0 Å². The molecule has 0 spiro atoms. The maximum atomic E-state index is 13.1. The Morgan fingerprint density at radius 1 is 1.00 bits per heavy atom. The van der Waals surface area contributed by atoms with E-state index in [0.29, 0.717) is 11.8 Å². The number of esters is 1. The number of carbonyl (C=O) groups excluding carboxylic acids is 1. The number of hydrogen-bond acceptors (Lipinski definition) is 3. The molecule has 1 aromatic rings. The molecule has 2 aliphatic carbocycles. The van der Waals surface area contributed by atoms with Crippen molar-refractivity contribution < 1.29 is 13.9 Å². The van der Waals surface area contributed by atoms with Gasteiger partial charge >= 0.3 is 5.97 Å². The minimum absolute atomic E-state index is 0.00503. The minimum atomic E-state index is -0.204. The molecule has 2 fully saturated rings. The molecule has 0 amide bonds. The lowest BCUT2D eigenvalue weighted by Gasteiger charge is -2.31. The van der Waals surface area contributed by atoms with Crippen molar-refractivity contribution in [2.75, 3.05) is 0 Å². The number of hydrogen-bond donors (Lipinski definition) is 0. The molecule has 0 bridgehead atoms. The van der Waals surface area contributed by atoms with Crippen molar-refractivity contribution in [2.45, 2.75) is 63.4 Å². The number of rotatable bonds is 5. The van der Waals surface area contributed by atoms with Crippen LogP contribution in [-0.4, -0.2) is 12.1 Å². The van der Waals surface area contributed by atoms with Gasteiger partial charge in [0.25, 0.3) is 0 Å². The number of halogens is 1. The zero-order chi connectivity index (χ0) is 19.8. The molecule has 3 rings (SSSR count). The van der Waals surface area contributed by atoms with Gasteiger partial charge in [-0.1, -0.05) is 30.4 Å². The Labute approximate surface area is 166 Å². The second-order valence-electron chi connectivity index (χ2n) is 7.95. The average molecular weight is 381 g/mol. The molecule has 3 nitrogen and oxygen atoms in total. The number of carbonyl (C=O) groups is 1. The summed E-state index contributed by atoms with van der Waals surface area (Å²) in [5.41, 5.74) is 1.17. The van der Waals surface area contributed by atoms with Gasteiger partial charge in [-0.15, -0.1) is 0 Å². The molecule has 0 atom stereocenters. The summed E-state index contributed by atoms with van der Waals surface area (Å²) in [6, 6.07) is 8.73. The van der Waals surface area contributed by atoms with E-state index in [2.05, 4.69) is 6.08 Å². The summed E-state index contributed by atoms with van der Waals surface area (Å²) in [6.45, 7) is 0. The lowest BCUT2D eigenvalue weighted by Crippen LogP contribution is -2.29. The quantitative estimate of drug-likeness (QED) is 0.366. The van der Waals surface area contributed by atoms with E-state index in [1.165, 1.54) is 23.8 Å². The highest BCUT2D eigenvalue weighted by Crippen LogP contribution is 2.37. The van der Waals surface area contributed by atoms with Crippen LogP contribution in [0.3, 0.4) is 0 Å². The predicted molar refractivity (Wildman–Crippen MR) is 107 cm³/mol. The molecule has 148 valence electrons. The fraction of sp³-hybridized carbons (Fsp3) is 0.500. The zero-order valence-corrected chi connectivity index (χ0v) is 16.2. The van der Waals surface area contributed by atoms with Crippen molar-refractivity contribution >= 4 is 5.97 Å². The van der Waals surface area contributed by atoms with Gasteiger partial charge in [0.15, 0.2) is 0 Å². The molecule has 0 unspecified atom stereocenters. The van der Waals surface area contributed by atoms with Crippen LogP contribution in [-0.2, 0) is 9.53 Å². The molecule has 28 heavy (non-hydrogen) atoms. The normalized spacial score (nSPS) is 28.3. The number of nitrogens with zero attached hydrogens (tertiary/aromatic N) is 1. The summed E-state index contributed by atoms with van der Waals surface area (Å²) in [4.78, 5) is 12.6. The third kappa shape index (κ3) is 5.79. The topological polar surface area (TPSA) is 50.1 Å². The smallest absolute Gasteiger partial charge is 0.309 e. The van der Waals surface area contributed by atoms with Gasteiger partial charge in [-0.05, 0) is 80.9 Å². The first-order valence-electron chi connectivity index (χ1n) is 10.3. The van der Waals surface area contributed by atoms with Crippen LogP contribution in [0.2, 0.25) is 0 Å². The third-order valence-corrected chi connectivity index (χ3v) is 6.07. The first-order valence-corrected chi connectivity index (χ1v) is 10.3. The van der Waals surface area contributed by atoms with E-state index < -0.39 is 0 Å². The maximum absolute atomic E-state index is 13.1. The van der Waals surface area contributed by atoms with E-state index in [9.17, 15) is 9.18 Å². The van der Waals surface area contributed by atoms with Crippen LogP contribution < -0.4 is 0 Å². The highest BCUT2D eigenvalue weighted by molar-refractivity contribution is 5.72. The van der Waals surface area contributed by atoms with Gasteiger partial charge in [0.2, 0.25) is 0 Å². The SMILES string of the molecule is N#CC=CC=C[C@H]1CC[C@H](OC(=O)[C@H]2CC[C@H](c3ccc(F)cc3)CC2)CC1. The lowest BCUT2D eigenvalue weighted by atomic mass is 9.78. The van der Waals surface area contributed by atoms with Crippen molar-refractivity contribution in [1.29, 1.82) is 5.26 Å². The summed E-state index contributed by atoms with van der Waals surface area (Å²) < 4.78 is 18.9. The van der Waals surface area contributed by atoms with Gasteiger partial charge in [-0.25, -0.2) is 4.39 Å². The average Bonchev–Trinajstić information content (AvgIpc) is 2.73. The Morgan fingerprint density at radius 3 is 2.32 bits per heavy atom. The lowest BCUT2D eigenvalue weighted by molar-refractivity contribution is -0.157. The minimum Gasteiger partial charge on any atom is -0.462 e. The molecule has 0 radical (unpaired) electrons. The Balaban J connectivity index is 1.39. The van der Waals surface area contributed by atoms with Crippen molar-refractivity contribution in [1.82, 2.24) is 0 Å². The van der Waals surface area contributed by atoms with Gasteiger partial charge in [-0.2, -0.15) is 5.26 Å². The Bertz CT molecular complexity index is 731. The zero-order valence-electron chi connectivity index (χ0n) is 16.2. The van der Waals surface area contributed by atoms with E-state index in [-0.39, 0.29) is 23.8 Å². The Morgan fingerprint density at radius 2 is 1.68 bits per heavy atom. The second kappa shape index (κ2) is 10.2. The van der Waals surface area contributed by atoms with Crippen LogP contribution in [0, 0.1) is 29.0 Å². The van der Waals surface area contributed by atoms with E-state index in [0.717, 1.165) is 51.4 Å². The molecule has 0 N–H and O–H groups in total. The molecule has 0 heterocycles. The van der Waals surface area contributed by atoms with Gasteiger partial charge in [-0.3, -0.25) is 4.79 Å². The largest absolute Gasteiger partial charge is 0.462 e. The van der Waals surface area contributed by atoms with Gasteiger partial charge in [0.05, 0.1) is 12.0 Å². The maximum Gasteiger partial charge on any atom is 0.309 e. The van der Waals surface area contributed by atoms with Crippen LogP contribution in [0.5, 0.6) is 0 Å². The van der Waals surface area contributed by atoms with Gasteiger partial charge < -0.3 is 4.74 Å². The second-order valence-corrected chi connectivity index (χ2v) is 7.95. The highest BCUT2D eigenvalue weighted by Gasteiger charge is 2.30. The fourth-order valence-electron chi connectivity index (χ4n) is 4.38. The molecule has 2 aliphatic rings. The van der Waals surface area contributed by atoms with Crippen molar-refractivity contribution in [3.63, 3.8) is 0 Å². The molecule has 0 aliphatic heterocycles. The monoisotopic (exact) mass is 381 g/mol. The van der Waals surface area contributed by atoms with Crippen molar-refractivity contribution in [2.24, 2.45) is 11.8 Å². The fourth-order valence-corrected chi connectivity index (χ4v) is 4.38. The Hall–Kier alpha value is -2.41. The molecule has 2 saturated carbocycles. The first-order chi connectivity index (χ1) is 13.7. The summed E-state index contributed by atoms with van der Waals surface area (Å²) in [7, 11) is 0. The highest BCUT2D eigenvalue weighted by atomic mass is 19.1.